The van der Waals surface area contributed by atoms with Crippen LogP contribution in [0.25, 0.3) is 0 Å². The van der Waals surface area contributed by atoms with Crippen molar-refractivity contribution in [3.05, 3.63) is 28.2 Å². The fourth-order valence-electron chi connectivity index (χ4n) is 1.63. The number of anilines is 1. The standard InChI is InChI=1S/C14H17Cl2N3O/c15-12-7-6-11(10-13(12)16)19-14(20)18-9-5-3-1-2-4-8-17/h6-7,10H,1-5,9H2,(H2,18,19,20). The molecule has 2 N–H and O–H groups in total. The van der Waals surface area contributed by atoms with Gasteiger partial charge in [0, 0.05) is 18.7 Å². The van der Waals surface area contributed by atoms with E-state index in [1.807, 2.05) is 0 Å². The number of hydrogen-bond acceptors (Lipinski definition) is 2. The second kappa shape index (κ2) is 9.46. The Hall–Kier alpha value is -1.44. The van der Waals surface area contributed by atoms with Crippen molar-refractivity contribution in [3.63, 3.8) is 0 Å². The SMILES string of the molecule is N#CCCCCCCNC(=O)Nc1ccc(Cl)c(Cl)c1. The van der Waals surface area contributed by atoms with Crippen LogP contribution in [0, 0.1) is 11.3 Å². The van der Waals surface area contributed by atoms with Crippen LogP contribution in [0.1, 0.15) is 32.1 Å². The zero-order valence-electron chi connectivity index (χ0n) is 11.1. The van der Waals surface area contributed by atoms with E-state index in [2.05, 4.69) is 16.7 Å². The molecule has 0 aliphatic rings. The molecule has 0 saturated carbocycles. The summed E-state index contributed by atoms with van der Waals surface area (Å²) in [5.74, 6) is 0. The number of hydrogen-bond donors (Lipinski definition) is 2. The first-order valence-electron chi connectivity index (χ1n) is 6.50. The number of halogens is 2. The lowest BCUT2D eigenvalue weighted by Crippen LogP contribution is -2.29. The van der Waals surface area contributed by atoms with Crippen LogP contribution < -0.4 is 10.6 Å². The molecule has 0 unspecified atom stereocenters. The van der Waals surface area contributed by atoms with Crippen LogP contribution in [0.15, 0.2) is 18.2 Å². The third-order valence-electron chi connectivity index (χ3n) is 2.68. The number of nitrogens with one attached hydrogen (secondary N) is 2. The van der Waals surface area contributed by atoms with Crippen LogP contribution in [-0.4, -0.2) is 12.6 Å². The number of benzene rings is 1. The maximum Gasteiger partial charge on any atom is 0.319 e. The summed E-state index contributed by atoms with van der Waals surface area (Å²) in [6, 6.07) is 6.78. The van der Waals surface area contributed by atoms with Gasteiger partial charge in [0.15, 0.2) is 0 Å². The summed E-state index contributed by atoms with van der Waals surface area (Å²) in [6.45, 7) is 0.611. The van der Waals surface area contributed by atoms with Gasteiger partial charge in [-0.15, -0.1) is 0 Å². The van der Waals surface area contributed by atoms with Gasteiger partial charge in [0.2, 0.25) is 0 Å². The van der Waals surface area contributed by atoms with Crippen molar-refractivity contribution in [1.82, 2.24) is 5.32 Å². The maximum atomic E-state index is 11.6. The summed E-state index contributed by atoms with van der Waals surface area (Å²) in [7, 11) is 0. The van der Waals surface area contributed by atoms with Gasteiger partial charge in [0.1, 0.15) is 0 Å². The molecule has 0 atom stereocenters. The molecule has 6 heteroatoms. The topological polar surface area (TPSA) is 64.9 Å². The van der Waals surface area contributed by atoms with Gasteiger partial charge < -0.3 is 10.6 Å². The van der Waals surface area contributed by atoms with Crippen molar-refractivity contribution in [3.8, 4) is 6.07 Å². The van der Waals surface area contributed by atoms with E-state index >= 15 is 0 Å². The van der Waals surface area contributed by atoms with Gasteiger partial charge in [-0.3, -0.25) is 0 Å². The van der Waals surface area contributed by atoms with E-state index in [0.29, 0.717) is 28.7 Å². The summed E-state index contributed by atoms with van der Waals surface area (Å²) < 4.78 is 0. The number of carbonyl (C=O) groups is 1. The van der Waals surface area contributed by atoms with Gasteiger partial charge in [0.05, 0.1) is 16.1 Å². The minimum Gasteiger partial charge on any atom is -0.338 e. The number of urea groups is 1. The van der Waals surface area contributed by atoms with Crippen molar-refractivity contribution in [2.75, 3.05) is 11.9 Å². The van der Waals surface area contributed by atoms with Crippen LogP contribution in [0.3, 0.4) is 0 Å². The van der Waals surface area contributed by atoms with Crippen LogP contribution in [0.2, 0.25) is 10.0 Å². The highest BCUT2D eigenvalue weighted by Gasteiger charge is 2.03. The van der Waals surface area contributed by atoms with E-state index in [1.54, 1.807) is 18.2 Å². The molecule has 1 aromatic rings. The summed E-state index contributed by atoms with van der Waals surface area (Å²) in [5, 5.41) is 14.7. The third kappa shape index (κ3) is 6.65. The fourth-order valence-corrected chi connectivity index (χ4v) is 1.93. The fraction of sp³-hybridized carbons (Fsp3) is 0.429. The smallest absolute Gasteiger partial charge is 0.319 e. The monoisotopic (exact) mass is 313 g/mol. The molecule has 0 aromatic heterocycles. The normalized spacial score (nSPS) is 9.85. The third-order valence-corrected chi connectivity index (χ3v) is 3.42. The molecule has 4 nitrogen and oxygen atoms in total. The Labute approximate surface area is 129 Å². The molecule has 1 aromatic carbocycles. The number of carbonyl (C=O) groups excluding carboxylic acids is 1. The minimum atomic E-state index is -0.264. The average molecular weight is 314 g/mol. The van der Waals surface area contributed by atoms with Gasteiger partial charge in [-0.2, -0.15) is 5.26 Å². The number of unbranched alkanes of at least 4 members (excludes halogenated alkanes) is 4. The lowest BCUT2D eigenvalue weighted by atomic mass is 10.1. The molecule has 0 heterocycles. The first kappa shape index (κ1) is 16.6. The number of nitriles is 1. The number of amides is 2. The van der Waals surface area contributed by atoms with Crippen molar-refractivity contribution in [2.45, 2.75) is 32.1 Å². The molecule has 1 rings (SSSR count). The van der Waals surface area contributed by atoms with Gasteiger partial charge in [-0.25, -0.2) is 4.79 Å². The molecule has 2 amide bonds. The lowest BCUT2D eigenvalue weighted by Gasteiger charge is -2.08. The van der Waals surface area contributed by atoms with Gasteiger partial charge in [-0.05, 0) is 31.0 Å². The van der Waals surface area contributed by atoms with Crippen LogP contribution >= 0.6 is 23.2 Å². The van der Waals surface area contributed by atoms with Gasteiger partial charge in [0.25, 0.3) is 0 Å². The quantitative estimate of drug-likeness (QED) is 0.723. The Morgan fingerprint density at radius 3 is 2.60 bits per heavy atom. The Kier molecular flexibility index (Phi) is 7.86. The number of nitrogens with zero attached hydrogens (tertiary/aromatic N) is 1. The van der Waals surface area contributed by atoms with Gasteiger partial charge >= 0.3 is 6.03 Å². The Morgan fingerprint density at radius 1 is 1.15 bits per heavy atom. The highest BCUT2D eigenvalue weighted by Crippen LogP contribution is 2.24. The Balaban J connectivity index is 2.17. The summed E-state index contributed by atoms with van der Waals surface area (Å²) in [5.41, 5.74) is 0.603. The highest BCUT2D eigenvalue weighted by atomic mass is 35.5. The Bertz CT molecular complexity index is 486. The minimum absolute atomic E-state index is 0.264. The second-order valence-electron chi connectivity index (χ2n) is 4.33. The van der Waals surface area contributed by atoms with E-state index in [4.69, 9.17) is 28.5 Å². The molecule has 20 heavy (non-hydrogen) atoms. The van der Waals surface area contributed by atoms with E-state index in [-0.39, 0.29) is 6.03 Å². The molecule has 0 saturated heterocycles. The molecule has 0 spiro atoms. The van der Waals surface area contributed by atoms with Crippen molar-refractivity contribution in [1.29, 1.82) is 5.26 Å². The van der Waals surface area contributed by atoms with E-state index < -0.39 is 0 Å². The van der Waals surface area contributed by atoms with Crippen molar-refractivity contribution < 1.29 is 4.79 Å². The average Bonchev–Trinajstić information content (AvgIpc) is 2.42. The van der Waals surface area contributed by atoms with Crippen LogP contribution in [0.5, 0.6) is 0 Å². The first-order chi connectivity index (χ1) is 9.63. The van der Waals surface area contributed by atoms with E-state index in [0.717, 1.165) is 25.7 Å². The molecular formula is C14H17Cl2N3O. The highest BCUT2D eigenvalue weighted by molar-refractivity contribution is 6.42. The molecular weight excluding hydrogens is 297 g/mol. The van der Waals surface area contributed by atoms with Crippen molar-refractivity contribution in [2.24, 2.45) is 0 Å². The number of rotatable bonds is 7. The molecule has 0 aliphatic heterocycles. The predicted molar refractivity (Wildman–Crippen MR) is 82.2 cm³/mol. The zero-order chi connectivity index (χ0) is 14.8. The summed E-state index contributed by atoms with van der Waals surface area (Å²) in [4.78, 5) is 11.6. The van der Waals surface area contributed by atoms with Crippen molar-refractivity contribution >= 4 is 34.9 Å². The first-order valence-corrected chi connectivity index (χ1v) is 7.26. The predicted octanol–water partition coefficient (Wildman–Crippen LogP) is 4.59. The van der Waals surface area contributed by atoms with E-state index in [9.17, 15) is 4.79 Å². The molecule has 0 bridgehead atoms. The lowest BCUT2D eigenvalue weighted by molar-refractivity contribution is 0.252. The Morgan fingerprint density at radius 2 is 1.90 bits per heavy atom. The van der Waals surface area contributed by atoms with E-state index in [1.165, 1.54) is 0 Å². The summed E-state index contributed by atoms with van der Waals surface area (Å²) >= 11 is 11.6. The maximum absolute atomic E-state index is 11.6. The molecule has 0 fully saturated rings. The molecule has 0 aliphatic carbocycles. The molecule has 108 valence electrons. The second-order valence-corrected chi connectivity index (χ2v) is 5.15. The zero-order valence-corrected chi connectivity index (χ0v) is 12.6. The summed E-state index contributed by atoms with van der Waals surface area (Å²) in [6.07, 6.45) is 4.45. The van der Waals surface area contributed by atoms with Crippen LogP contribution in [-0.2, 0) is 0 Å². The van der Waals surface area contributed by atoms with Gasteiger partial charge in [-0.1, -0.05) is 36.0 Å². The largest absolute Gasteiger partial charge is 0.338 e. The van der Waals surface area contributed by atoms with Crippen LogP contribution in [0.4, 0.5) is 10.5 Å². The molecule has 0 radical (unpaired) electrons.